The fourth-order valence-corrected chi connectivity index (χ4v) is 2.88. The topological polar surface area (TPSA) is 26.0 Å². The van der Waals surface area contributed by atoms with Crippen molar-refractivity contribution in [3.63, 3.8) is 0 Å². The molecule has 0 heterocycles. The Balaban J connectivity index is 0.00000220. The molecule has 0 radical (unpaired) electrons. The van der Waals surface area contributed by atoms with E-state index in [1.54, 1.807) is 6.07 Å². The van der Waals surface area contributed by atoms with Crippen LogP contribution in [0, 0.1) is 5.82 Å². The van der Waals surface area contributed by atoms with Gasteiger partial charge in [0.25, 0.3) is 0 Å². The van der Waals surface area contributed by atoms with Crippen LogP contribution >= 0.6 is 39.9 Å². The summed E-state index contributed by atoms with van der Waals surface area (Å²) < 4.78 is 14.3. The van der Waals surface area contributed by atoms with Crippen LogP contribution in [0.15, 0.2) is 46.9 Å². The molecule has 5 heteroatoms. The standard InChI is InChI=1S/C16H16BrClFN.ClH/c1-10(20)16(6-11-2-4-14(18)5-3-11)12-7-13(17)9-15(19)8-12;/h2-5,7-10,16H,6,20H2,1H3;1H. The minimum Gasteiger partial charge on any atom is -0.327 e. The predicted octanol–water partition coefficient (Wildman–Crippen LogP) is 5.34. The fraction of sp³-hybridized carbons (Fsp3) is 0.250. The van der Waals surface area contributed by atoms with Crippen molar-refractivity contribution in [2.75, 3.05) is 0 Å². The van der Waals surface area contributed by atoms with Crippen molar-refractivity contribution in [1.82, 2.24) is 0 Å². The minimum atomic E-state index is -0.254. The average Bonchev–Trinajstić information content (AvgIpc) is 2.36. The number of hydrogen-bond donors (Lipinski definition) is 1. The summed E-state index contributed by atoms with van der Waals surface area (Å²) in [7, 11) is 0. The third kappa shape index (κ3) is 5.26. The van der Waals surface area contributed by atoms with Crippen LogP contribution in [0.5, 0.6) is 0 Å². The van der Waals surface area contributed by atoms with Crippen LogP contribution in [0.3, 0.4) is 0 Å². The van der Waals surface area contributed by atoms with Crippen LogP contribution in [0.1, 0.15) is 24.0 Å². The number of nitrogens with two attached hydrogens (primary N) is 1. The summed E-state index contributed by atoms with van der Waals surface area (Å²) in [4.78, 5) is 0. The smallest absolute Gasteiger partial charge is 0.124 e. The Morgan fingerprint density at radius 2 is 1.81 bits per heavy atom. The molecule has 2 aromatic carbocycles. The number of benzene rings is 2. The molecule has 0 fully saturated rings. The number of rotatable bonds is 4. The van der Waals surface area contributed by atoms with Crippen molar-refractivity contribution in [1.29, 1.82) is 0 Å². The zero-order chi connectivity index (χ0) is 14.7. The largest absolute Gasteiger partial charge is 0.327 e. The molecule has 2 aromatic rings. The average molecular weight is 393 g/mol. The van der Waals surface area contributed by atoms with Gasteiger partial charge in [0, 0.05) is 21.5 Å². The third-order valence-electron chi connectivity index (χ3n) is 3.32. The van der Waals surface area contributed by atoms with Crippen molar-refractivity contribution in [2.24, 2.45) is 5.73 Å². The maximum Gasteiger partial charge on any atom is 0.124 e. The first kappa shape index (κ1) is 18.4. The van der Waals surface area contributed by atoms with E-state index in [2.05, 4.69) is 15.9 Å². The van der Waals surface area contributed by atoms with E-state index in [-0.39, 0.29) is 30.2 Å². The molecule has 114 valence electrons. The molecule has 0 aliphatic rings. The van der Waals surface area contributed by atoms with Gasteiger partial charge < -0.3 is 5.73 Å². The molecule has 0 aliphatic heterocycles. The van der Waals surface area contributed by atoms with Gasteiger partial charge in [-0.15, -0.1) is 12.4 Å². The molecule has 0 bridgehead atoms. The maximum absolute atomic E-state index is 13.6. The van der Waals surface area contributed by atoms with Gasteiger partial charge in [0.1, 0.15) is 5.82 Å². The lowest BCUT2D eigenvalue weighted by Crippen LogP contribution is -2.26. The Hall–Kier alpha value is -0.610. The van der Waals surface area contributed by atoms with Crippen molar-refractivity contribution in [3.8, 4) is 0 Å². The van der Waals surface area contributed by atoms with Gasteiger partial charge in [-0.2, -0.15) is 0 Å². The highest BCUT2D eigenvalue weighted by molar-refractivity contribution is 9.10. The van der Waals surface area contributed by atoms with E-state index in [9.17, 15) is 4.39 Å². The predicted molar refractivity (Wildman–Crippen MR) is 92.9 cm³/mol. The highest BCUT2D eigenvalue weighted by Gasteiger charge is 2.18. The molecule has 2 unspecified atom stereocenters. The van der Waals surface area contributed by atoms with Crippen molar-refractivity contribution in [2.45, 2.75) is 25.3 Å². The van der Waals surface area contributed by atoms with Crippen molar-refractivity contribution in [3.05, 3.63) is 68.9 Å². The second-order valence-corrected chi connectivity index (χ2v) is 6.35. The van der Waals surface area contributed by atoms with Gasteiger partial charge in [0.05, 0.1) is 0 Å². The molecular formula is C16H17BrCl2FN. The maximum atomic E-state index is 13.6. The second-order valence-electron chi connectivity index (χ2n) is 5.00. The monoisotopic (exact) mass is 391 g/mol. The second kappa shape index (κ2) is 8.14. The molecule has 2 atom stereocenters. The lowest BCUT2D eigenvalue weighted by molar-refractivity contribution is 0.556. The van der Waals surface area contributed by atoms with E-state index in [1.165, 1.54) is 6.07 Å². The van der Waals surface area contributed by atoms with Gasteiger partial charge in [0.15, 0.2) is 0 Å². The molecule has 0 aromatic heterocycles. The van der Waals surface area contributed by atoms with Gasteiger partial charge in [-0.3, -0.25) is 0 Å². The molecular weight excluding hydrogens is 376 g/mol. The number of hydrogen-bond acceptors (Lipinski definition) is 1. The van der Waals surface area contributed by atoms with Crippen LogP contribution in [-0.4, -0.2) is 6.04 Å². The van der Waals surface area contributed by atoms with E-state index in [0.29, 0.717) is 5.02 Å². The van der Waals surface area contributed by atoms with Gasteiger partial charge >= 0.3 is 0 Å². The summed E-state index contributed by atoms with van der Waals surface area (Å²) >= 11 is 9.22. The van der Waals surface area contributed by atoms with Crippen LogP contribution in [0.25, 0.3) is 0 Å². The molecule has 1 nitrogen and oxygen atoms in total. The van der Waals surface area contributed by atoms with Crippen LogP contribution in [0.2, 0.25) is 5.02 Å². The Labute approximate surface area is 144 Å². The first-order valence-corrected chi connectivity index (χ1v) is 7.59. The molecule has 2 N–H and O–H groups in total. The zero-order valence-electron chi connectivity index (χ0n) is 11.5. The molecule has 0 saturated carbocycles. The molecule has 0 amide bonds. The van der Waals surface area contributed by atoms with Crippen molar-refractivity contribution < 1.29 is 4.39 Å². The third-order valence-corrected chi connectivity index (χ3v) is 4.03. The van der Waals surface area contributed by atoms with E-state index in [1.807, 2.05) is 37.3 Å². The quantitative estimate of drug-likeness (QED) is 0.746. The van der Waals surface area contributed by atoms with Gasteiger partial charge in [-0.1, -0.05) is 39.7 Å². The summed E-state index contributed by atoms with van der Waals surface area (Å²) in [5.74, 6) is -0.195. The molecule has 0 saturated heterocycles. The van der Waals surface area contributed by atoms with E-state index in [0.717, 1.165) is 22.0 Å². The Morgan fingerprint density at radius 3 is 2.33 bits per heavy atom. The van der Waals surface area contributed by atoms with E-state index < -0.39 is 0 Å². The van der Waals surface area contributed by atoms with Crippen LogP contribution in [0.4, 0.5) is 4.39 Å². The number of halogens is 4. The van der Waals surface area contributed by atoms with E-state index in [4.69, 9.17) is 17.3 Å². The van der Waals surface area contributed by atoms with Crippen LogP contribution in [-0.2, 0) is 6.42 Å². The Kier molecular flexibility index (Phi) is 7.14. The molecule has 0 aliphatic carbocycles. The molecule has 2 rings (SSSR count). The summed E-state index contributed by atoms with van der Waals surface area (Å²) in [6.45, 7) is 1.94. The molecule has 21 heavy (non-hydrogen) atoms. The normalized spacial score (nSPS) is 13.4. The minimum absolute atomic E-state index is 0. The Morgan fingerprint density at radius 1 is 1.19 bits per heavy atom. The lowest BCUT2D eigenvalue weighted by atomic mass is 9.87. The van der Waals surface area contributed by atoms with Crippen molar-refractivity contribution >= 4 is 39.9 Å². The highest BCUT2D eigenvalue weighted by atomic mass is 79.9. The summed E-state index contributed by atoms with van der Waals surface area (Å²) in [6.07, 6.45) is 0.755. The van der Waals surface area contributed by atoms with E-state index >= 15 is 0 Å². The fourth-order valence-electron chi connectivity index (χ4n) is 2.27. The van der Waals surface area contributed by atoms with Gasteiger partial charge in [-0.25, -0.2) is 4.39 Å². The summed E-state index contributed by atoms with van der Waals surface area (Å²) in [5, 5.41) is 0.708. The Bertz CT molecular complexity index is 567. The van der Waals surface area contributed by atoms with Gasteiger partial charge in [-0.05, 0) is 54.8 Å². The first-order chi connectivity index (χ1) is 9.45. The highest BCUT2D eigenvalue weighted by Crippen LogP contribution is 2.27. The van der Waals surface area contributed by atoms with Gasteiger partial charge in [0.2, 0.25) is 0 Å². The first-order valence-electron chi connectivity index (χ1n) is 6.41. The summed E-state index contributed by atoms with van der Waals surface area (Å²) in [6, 6.07) is 12.5. The molecule has 0 spiro atoms. The van der Waals surface area contributed by atoms with Crippen LogP contribution < -0.4 is 5.73 Å². The lowest BCUT2D eigenvalue weighted by Gasteiger charge is -2.22. The zero-order valence-corrected chi connectivity index (χ0v) is 14.7. The SMILES string of the molecule is CC(N)C(Cc1ccc(Cl)cc1)c1cc(F)cc(Br)c1.Cl. The summed E-state index contributed by atoms with van der Waals surface area (Å²) in [5.41, 5.74) is 8.12.